The monoisotopic (exact) mass is 298 g/mol. The highest BCUT2D eigenvalue weighted by Crippen LogP contribution is 2.33. The maximum atomic E-state index is 5.84. The summed E-state index contributed by atoms with van der Waals surface area (Å²) < 4.78 is 6.60. The summed E-state index contributed by atoms with van der Waals surface area (Å²) >= 11 is 1.74. The summed E-state index contributed by atoms with van der Waals surface area (Å²) in [5.41, 5.74) is 6.39. The van der Waals surface area contributed by atoms with Crippen LogP contribution in [0.2, 0.25) is 0 Å². The molecule has 0 amide bonds. The topological polar surface area (TPSA) is 47.3 Å². The lowest BCUT2D eigenvalue weighted by molar-refractivity contribution is 0.411. The Morgan fingerprint density at radius 2 is 2.05 bits per heavy atom. The minimum Gasteiger partial charge on any atom is -0.496 e. The highest BCUT2D eigenvalue weighted by molar-refractivity contribution is 7.17. The third-order valence-corrected chi connectivity index (χ3v) is 4.72. The molecule has 1 unspecified atom stereocenters. The average Bonchev–Trinajstić information content (AvgIpc) is 2.97. The normalized spacial score (nSPS) is 12.5. The number of thiophene rings is 1. The Morgan fingerprint density at radius 3 is 2.76 bits per heavy atom. The van der Waals surface area contributed by atoms with E-state index in [4.69, 9.17) is 10.6 Å². The van der Waals surface area contributed by atoms with Crippen LogP contribution in [0.4, 0.5) is 0 Å². The van der Waals surface area contributed by atoms with Gasteiger partial charge in [-0.2, -0.15) is 0 Å². The van der Waals surface area contributed by atoms with Crippen LogP contribution in [-0.4, -0.2) is 7.11 Å². The van der Waals surface area contributed by atoms with Crippen LogP contribution in [0, 0.1) is 6.92 Å². The molecule has 0 saturated carbocycles. The third-order valence-electron chi connectivity index (χ3n) is 3.74. The van der Waals surface area contributed by atoms with E-state index in [-0.39, 0.29) is 6.04 Å². The predicted octanol–water partition coefficient (Wildman–Crippen LogP) is 3.77. The van der Waals surface area contributed by atoms with Gasteiger partial charge in [0, 0.05) is 4.70 Å². The standard InChI is InChI=1S/C17H18N2OS/c1-11-10-13(6-7-15(11)20-2)16(19-18)14-5-3-4-12-8-9-21-17(12)14/h3-10,16,19H,18H2,1-2H3. The summed E-state index contributed by atoms with van der Waals surface area (Å²) in [6.45, 7) is 2.04. The molecule has 0 saturated heterocycles. The Labute approximate surface area is 128 Å². The van der Waals surface area contributed by atoms with E-state index in [1.165, 1.54) is 15.6 Å². The molecule has 1 heterocycles. The van der Waals surface area contributed by atoms with Crippen LogP contribution in [-0.2, 0) is 0 Å². The van der Waals surface area contributed by atoms with Crippen LogP contribution in [0.1, 0.15) is 22.7 Å². The first-order chi connectivity index (χ1) is 10.2. The highest BCUT2D eigenvalue weighted by Gasteiger charge is 2.16. The fourth-order valence-electron chi connectivity index (χ4n) is 2.69. The molecule has 1 aromatic heterocycles. The smallest absolute Gasteiger partial charge is 0.121 e. The van der Waals surface area contributed by atoms with Gasteiger partial charge in [0.1, 0.15) is 5.75 Å². The lowest BCUT2D eigenvalue weighted by atomic mass is 9.96. The van der Waals surface area contributed by atoms with Crippen LogP contribution in [0.3, 0.4) is 0 Å². The van der Waals surface area contributed by atoms with Gasteiger partial charge in [-0.3, -0.25) is 5.84 Å². The van der Waals surface area contributed by atoms with Gasteiger partial charge in [-0.1, -0.05) is 30.3 Å². The zero-order chi connectivity index (χ0) is 14.8. The van der Waals surface area contributed by atoms with Crippen LogP contribution >= 0.6 is 11.3 Å². The van der Waals surface area contributed by atoms with Crippen LogP contribution in [0.5, 0.6) is 5.75 Å². The van der Waals surface area contributed by atoms with Crippen molar-refractivity contribution >= 4 is 21.4 Å². The van der Waals surface area contributed by atoms with E-state index in [1.54, 1.807) is 18.4 Å². The number of aryl methyl sites for hydroxylation is 1. The number of fused-ring (bicyclic) bond motifs is 1. The van der Waals surface area contributed by atoms with Crippen molar-refractivity contribution in [1.82, 2.24) is 5.43 Å². The number of benzene rings is 2. The first kappa shape index (κ1) is 14.1. The number of hydrogen-bond acceptors (Lipinski definition) is 4. The Balaban J connectivity index is 2.10. The van der Waals surface area contributed by atoms with E-state index in [1.807, 2.05) is 13.0 Å². The van der Waals surface area contributed by atoms with Crippen molar-refractivity contribution in [3.63, 3.8) is 0 Å². The maximum absolute atomic E-state index is 5.84. The fourth-order valence-corrected chi connectivity index (χ4v) is 3.64. The molecule has 108 valence electrons. The molecule has 0 radical (unpaired) electrons. The number of methoxy groups -OCH3 is 1. The van der Waals surface area contributed by atoms with E-state index in [0.717, 1.165) is 16.9 Å². The van der Waals surface area contributed by atoms with Gasteiger partial charge in [-0.25, -0.2) is 5.43 Å². The number of nitrogens with two attached hydrogens (primary N) is 1. The van der Waals surface area contributed by atoms with Crippen molar-refractivity contribution in [3.05, 3.63) is 64.5 Å². The molecule has 0 spiro atoms. The van der Waals surface area contributed by atoms with Crippen LogP contribution < -0.4 is 16.0 Å². The first-order valence-electron chi connectivity index (χ1n) is 6.81. The lowest BCUT2D eigenvalue weighted by Gasteiger charge is -2.19. The van der Waals surface area contributed by atoms with Gasteiger partial charge < -0.3 is 4.74 Å². The molecule has 4 heteroatoms. The van der Waals surface area contributed by atoms with E-state index in [9.17, 15) is 0 Å². The highest BCUT2D eigenvalue weighted by atomic mass is 32.1. The lowest BCUT2D eigenvalue weighted by Crippen LogP contribution is -2.28. The molecular formula is C17H18N2OS. The summed E-state index contributed by atoms with van der Waals surface area (Å²) in [6.07, 6.45) is 0. The van der Waals surface area contributed by atoms with Gasteiger partial charge >= 0.3 is 0 Å². The summed E-state index contributed by atoms with van der Waals surface area (Å²) in [5.74, 6) is 6.73. The van der Waals surface area contributed by atoms with E-state index in [2.05, 4.69) is 47.2 Å². The van der Waals surface area contributed by atoms with Crippen molar-refractivity contribution < 1.29 is 4.74 Å². The number of nitrogens with one attached hydrogen (secondary N) is 1. The van der Waals surface area contributed by atoms with E-state index >= 15 is 0 Å². The molecule has 0 bridgehead atoms. The minimum absolute atomic E-state index is 0.0306. The second-order valence-corrected chi connectivity index (χ2v) is 5.93. The zero-order valence-electron chi connectivity index (χ0n) is 12.1. The molecular weight excluding hydrogens is 280 g/mol. The van der Waals surface area contributed by atoms with Crippen molar-refractivity contribution in [1.29, 1.82) is 0 Å². The Bertz CT molecular complexity index is 766. The maximum Gasteiger partial charge on any atom is 0.121 e. The van der Waals surface area contributed by atoms with Gasteiger partial charge in [-0.15, -0.1) is 11.3 Å². The Kier molecular flexibility index (Phi) is 3.92. The fraction of sp³-hybridized carbons (Fsp3) is 0.176. The van der Waals surface area contributed by atoms with Gasteiger partial charge in [0.05, 0.1) is 13.2 Å². The first-order valence-corrected chi connectivity index (χ1v) is 7.69. The molecule has 3 aromatic rings. The summed E-state index contributed by atoms with van der Waals surface area (Å²) in [6, 6.07) is 14.6. The molecule has 21 heavy (non-hydrogen) atoms. The summed E-state index contributed by atoms with van der Waals surface area (Å²) in [7, 11) is 1.69. The van der Waals surface area contributed by atoms with Gasteiger partial charge in [0.25, 0.3) is 0 Å². The van der Waals surface area contributed by atoms with Gasteiger partial charge in [0.2, 0.25) is 0 Å². The summed E-state index contributed by atoms with van der Waals surface area (Å²) in [5, 5.41) is 3.36. The molecule has 2 aromatic carbocycles. The minimum atomic E-state index is -0.0306. The molecule has 1 atom stereocenters. The largest absolute Gasteiger partial charge is 0.496 e. The second-order valence-electron chi connectivity index (χ2n) is 5.01. The number of rotatable bonds is 4. The second kappa shape index (κ2) is 5.85. The molecule has 3 nitrogen and oxygen atoms in total. The third kappa shape index (κ3) is 2.53. The van der Waals surface area contributed by atoms with E-state index in [0.29, 0.717) is 0 Å². The number of ether oxygens (including phenoxy) is 1. The summed E-state index contributed by atoms with van der Waals surface area (Å²) in [4.78, 5) is 0. The van der Waals surface area contributed by atoms with Gasteiger partial charge in [-0.05, 0) is 46.5 Å². The van der Waals surface area contributed by atoms with Crippen molar-refractivity contribution in [3.8, 4) is 5.75 Å². The predicted molar refractivity (Wildman–Crippen MR) is 88.7 cm³/mol. The molecule has 0 aliphatic rings. The van der Waals surface area contributed by atoms with Crippen molar-refractivity contribution in [2.75, 3.05) is 7.11 Å². The average molecular weight is 298 g/mol. The molecule has 3 rings (SSSR count). The van der Waals surface area contributed by atoms with Gasteiger partial charge in [0.15, 0.2) is 0 Å². The van der Waals surface area contributed by atoms with E-state index < -0.39 is 0 Å². The SMILES string of the molecule is COc1ccc(C(NN)c2cccc3ccsc23)cc1C. The van der Waals surface area contributed by atoms with Crippen LogP contribution in [0.25, 0.3) is 10.1 Å². The van der Waals surface area contributed by atoms with Crippen LogP contribution in [0.15, 0.2) is 47.8 Å². The Hall–Kier alpha value is -1.88. The molecule has 0 aliphatic carbocycles. The molecule has 0 aliphatic heterocycles. The molecule has 3 N–H and O–H groups in total. The van der Waals surface area contributed by atoms with Crippen molar-refractivity contribution in [2.45, 2.75) is 13.0 Å². The number of hydrazine groups is 1. The molecule has 0 fully saturated rings. The quantitative estimate of drug-likeness (QED) is 0.569. The van der Waals surface area contributed by atoms with Crippen molar-refractivity contribution in [2.24, 2.45) is 5.84 Å². The number of hydrogen-bond donors (Lipinski definition) is 2. The zero-order valence-corrected chi connectivity index (χ0v) is 12.9. The Morgan fingerprint density at radius 1 is 1.19 bits per heavy atom.